The summed E-state index contributed by atoms with van der Waals surface area (Å²) in [6, 6.07) is 5.91. The summed E-state index contributed by atoms with van der Waals surface area (Å²) in [5.74, 6) is 0. The van der Waals surface area contributed by atoms with E-state index in [4.69, 9.17) is 12.2 Å². The second-order valence-corrected chi connectivity index (χ2v) is 5.45. The zero-order chi connectivity index (χ0) is 12.0. The van der Waals surface area contributed by atoms with Crippen molar-refractivity contribution in [2.45, 2.75) is 19.8 Å². The lowest BCUT2D eigenvalue weighted by Gasteiger charge is -2.12. The molecule has 0 aliphatic heterocycles. The van der Waals surface area contributed by atoms with Gasteiger partial charge in [0.1, 0.15) is 0 Å². The molecule has 0 fully saturated rings. The first-order chi connectivity index (χ1) is 7.65. The van der Waals surface area contributed by atoms with Gasteiger partial charge in [-0.3, -0.25) is 0 Å². The minimum atomic E-state index is 0.654. The Morgan fingerprint density at radius 3 is 2.50 bits per heavy atom. The van der Waals surface area contributed by atoms with Crippen molar-refractivity contribution in [3.05, 3.63) is 27.1 Å². The topological polar surface area (TPSA) is 24.1 Å². The summed E-state index contributed by atoms with van der Waals surface area (Å²) < 4.78 is 1.98. The predicted molar refractivity (Wildman–Crippen MR) is 81.0 cm³/mol. The summed E-state index contributed by atoms with van der Waals surface area (Å²) in [4.78, 5) is 0. The van der Waals surface area contributed by atoms with Crippen molar-refractivity contribution in [2.24, 2.45) is 0 Å². The van der Waals surface area contributed by atoms with E-state index in [0.717, 1.165) is 34.0 Å². The molecule has 0 saturated heterocycles. The smallest absolute Gasteiger partial charge is 0.170 e. The van der Waals surface area contributed by atoms with Gasteiger partial charge in [-0.1, -0.05) is 19.4 Å². The van der Waals surface area contributed by atoms with E-state index >= 15 is 0 Å². The molecule has 0 atom stereocenters. The highest BCUT2D eigenvalue weighted by atomic mass is 79.9. The van der Waals surface area contributed by atoms with Crippen LogP contribution in [0.5, 0.6) is 0 Å². The molecule has 2 nitrogen and oxygen atoms in total. The van der Waals surface area contributed by atoms with Gasteiger partial charge in [0.25, 0.3) is 0 Å². The molecule has 0 amide bonds. The third-order valence-electron chi connectivity index (χ3n) is 2.02. The van der Waals surface area contributed by atoms with Gasteiger partial charge in [-0.05, 0) is 62.6 Å². The molecule has 0 aliphatic carbocycles. The molecule has 1 rings (SSSR count). The van der Waals surface area contributed by atoms with Crippen molar-refractivity contribution in [1.82, 2.24) is 5.32 Å². The van der Waals surface area contributed by atoms with Crippen LogP contribution < -0.4 is 10.6 Å². The van der Waals surface area contributed by atoms with Gasteiger partial charge in [0.05, 0.1) is 5.69 Å². The zero-order valence-electron chi connectivity index (χ0n) is 9.02. The summed E-state index contributed by atoms with van der Waals surface area (Å²) in [6.07, 6.45) is 2.29. The Bertz CT molecular complexity index is 349. The number of hydrogen-bond acceptors (Lipinski definition) is 1. The molecule has 0 spiro atoms. The van der Waals surface area contributed by atoms with Crippen LogP contribution in [0.4, 0.5) is 5.69 Å². The van der Waals surface area contributed by atoms with Crippen molar-refractivity contribution >= 4 is 54.9 Å². The Labute approximate surface area is 118 Å². The number of hydrogen-bond donors (Lipinski definition) is 2. The second-order valence-electron chi connectivity index (χ2n) is 3.33. The van der Waals surface area contributed by atoms with E-state index in [1.165, 1.54) is 0 Å². The minimum absolute atomic E-state index is 0.654. The van der Waals surface area contributed by atoms with Crippen LogP contribution in [0.3, 0.4) is 0 Å². The molecule has 5 heteroatoms. The maximum absolute atomic E-state index is 5.20. The second kappa shape index (κ2) is 7.25. The van der Waals surface area contributed by atoms with Gasteiger partial charge in [0.15, 0.2) is 5.11 Å². The molecule has 0 bridgehead atoms. The average Bonchev–Trinajstić information content (AvgIpc) is 2.24. The summed E-state index contributed by atoms with van der Waals surface area (Å²) >= 11 is 12.2. The summed E-state index contributed by atoms with van der Waals surface area (Å²) in [5, 5.41) is 6.98. The van der Waals surface area contributed by atoms with Gasteiger partial charge in [-0.25, -0.2) is 0 Å². The summed E-state index contributed by atoms with van der Waals surface area (Å²) in [5.41, 5.74) is 0.955. The van der Waals surface area contributed by atoms with Gasteiger partial charge >= 0.3 is 0 Å². The van der Waals surface area contributed by atoms with Crippen LogP contribution in [0, 0.1) is 0 Å². The molecule has 0 unspecified atom stereocenters. The predicted octanol–water partition coefficient (Wildman–Crippen LogP) is 4.30. The maximum Gasteiger partial charge on any atom is 0.170 e. The molecule has 2 N–H and O–H groups in total. The highest BCUT2D eigenvalue weighted by molar-refractivity contribution is 9.11. The summed E-state index contributed by atoms with van der Waals surface area (Å²) in [7, 11) is 0. The minimum Gasteiger partial charge on any atom is -0.362 e. The van der Waals surface area contributed by atoms with Gasteiger partial charge < -0.3 is 10.6 Å². The molecule has 0 aromatic heterocycles. The van der Waals surface area contributed by atoms with Crippen molar-refractivity contribution in [2.75, 3.05) is 11.9 Å². The van der Waals surface area contributed by atoms with Crippen LogP contribution in [0.25, 0.3) is 0 Å². The van der Waals surface area contributed by atoms with E-state index < -0.39 is 0 Å². The first-order valence-electron chi connectivity index (χ1n) is 5.14. The maximum atomic E-state index is 5.20. The van der Waals surface area contributed by atoms with Crippen molar-refractivity contribution in [1.29, 1.82) is 0 Å². The SMILES string of the molecule is CCCCNC(=S)Nc1c(Br)cccc1Br. The molecule has 0 aliphatic rings. The molecule has 0 saturated carbocycles. The number of benzene rings is 1. The molecule has 1 aromatic rings. The zero-order valence-corrected chi connectivity index (χ0v) is 13.0. The Hall–Kier alpha value is -0.130. The van der Waals surface area contributed by atoms with Crippen LogP contribution in [-0.2, 0) is 0 Å². The fraction of sp³-hybridized carbons (Fsp3) is 0.364. The number of nitrogens with one attached hydrogen (secondary N) is 2. The first-order valence-corrected chi connectivity index (χ1v) is 7.13. The lowest BCUT2D eigenvalue weighted by atomic mass is 10.3. The van der Waals surface area contributed by atoms with E-state index in [0.29, 0.717) is 5.11 Å². The lowest BCUT2D eigenvalue weighted by molar-refractivity contribution is 0.758. The quantitative estimate of drug-likeness (QED) is 0.614. The van der Waals surface area contributed by atoms with Crippen molar-refractivity contribution < 1.29 is 0 Å². The molecular formula is C11H14Br2N2S. The van der Waals surface area contributed by atoms with E-state index in [1.54, 1.807) is 0 Å². The Morgan fingerprint density at radius 2 is 1.94 bits per heavy atom. The highest BCUT2D eigenvalue weighted by Gasteiger charge is 2.05. The van der Waals surface area contributed by atoms with E-state index in [-0.39, 0.29) is 0 Å². The average molecular weight is 366 g/mol. The Balaban J connectivity index is 2.56. The Kier molecular flexibility index (Phi) is 6.31. The number of halogens is 2. The van der Waals surface area contributed by atoms with Crippen LogP contribution in [0.2, 0.25) is 0 Å². The Morgan fingerprint density at radius 1 is 1.31 bits per heavy atom. The van der Waals surface area contributed by atoms with E-state index in [1.807, 2.05) is 18.2 Å². The van der Waals surface area contributed by atoms with Gasteiger partial charge in [-0.15, -0.1) is 0 Å². The number of thiocarbonyl (C=S) groups is 1. The van der Waals surface area contributed by atoms with Crippen LogP contribution in [0.15, 0.2) is 27.1 Å². The van der Waals surface area contributed by atoms with Gasteiger partial charge in [0.2, 0.25) is 0 Å². The number of para-hydroxylation sites is 1. The van der Waals surface area contributed by atoms with E-state index in [9.17, 15) is 0 Å². The standard InChI is InChI=1S/C11H14Br2N2S/c1-2-3-7-14-11(16)15-10-8(12)5-4-6-9(10)13/h4-6H,2-3,7H2,1H3,(H2,14,15,16). The van der Waals surface area contributed by atoms with Crippen LogP contribution in [0.1, 0.15) is 19.8 Å². The van der Waals surface area contributed by atoms with Crippen molar-refractivity contribution in [3.63, 3.8) is 0 Å². The van der Waals surface area contributed by atoms with Crippen LogP contribution >= 0.6 is 44.1 Å². The number of rotatable bonds is 4. The molecule has 1 aromatic carbocycles. The fourth-order valence-corrected chi connectivity index (χ4v) is 2.55. The molecule has 0 radical (unpaired) electrons. The third-order valence-corrected chi connectivity index (χ3v) is 3.59. The van der Waals surface area contributed by atoms with Crippen LogP contribution in [-0.4, -0.2) is 11.7 Å². The van der Waals surface area contributed by atoms with Gasteiger partial charge in [-0.2, -0.15) is 0 Å². The monoisotopic (exact) mass is 364 g/mol. The van der Waals surface area contributed by atoms with E-state index in [2.05, 4.69) is 49.4 Å². The third kappa shape index (κ3) is 4.39. The first kappa shape index (κ1) is 13.9. The largest absolute Gasteiger partial charge is 0.362 e. The fourth-order valence-electron chi connectivity index (χ4n) is 1.15. The van der Waals surface area contributed by atoms with Gasteiger partial charge in [0, 0.05) is 15.5 Å². The molecule has 88 valence electrons. The lowest BCUT2D eigenvalue weighted by Crippen LogP contribution is -2.29. The normalized spacial score (nSPS) is 9.94. The highest BCUT2D eigenvalue weighted by Crippen LogP contribution is 2.30. The molecular weight excluding hydrogens is 352 g/mol. The molecule has 16 heavy (non-hydrogen) atoms. The number of unbranched alkanes of at least 4 members (excludes halogenated alkanes) is 1. The van der Waals surface area contributed by atoms with Crippen molar-refractivity contribution in [3.8, 4) is 0 Å². The molecule has 0 heterocycles. The summed E-state index contributed by atoms with van der Waals surface area (Å²) in [6.45, 7) is 3.06. The number of anilines is 1.